The molecular weight excluding hydrogens is 256 g/mol. The van der Waals surface area contributed by atoms with Gasteiger partial charge in [-0.2, -0.15) is 0 Å². The molecule has 0 aliphatic carbocycles. The first-order chi connectivity index (χ1) is 8.30. The molecule has 0 atom stereocenters. The van der Waals surface area contributed by atoms with Crippen LogP contribution in [0.1, 0.15) is 10.4 Å². The van der Waals surface area contributed by atoms with Crippen molar-refractivity contribution in [1.29, 1.82) is 0 Å². The van der Waals surface area contributed by atoms with E-state index in [4.69, 9.17) is 4.84 Å². The fraction of sp³-hybridized carbons (Fsp3) is 0.364. The number of hydrogen-bond donors (Lipinski definition) is 0. The highest BCUT2D eigenvalue weighted by atomic mass is 32.2. The molecule has 0 aromatic heterocycles. The van der Waals surface area contributed by atoms with Crippen LogP contribution < -0.4 is 0 Å². The standard InChI is InChI=1S/C11H16N2O4S/c1-12(2)18(15,16)10-7-5-9(6-8-10)11(14)13(3)17-4/h5-8H,1-4H3. The van der Waals surface area contributed by atoms with E-state index in [1.54, 1.807) is 0 Å². The van der Waals surface area contributed by atoms with Gasteiger partial charge >= 0.3 is 0 Å². The van der Waals surface area contributed by atoms with Crippen LogP contribution in [0.3, 0.4) is 0 Å². The molecule has 0 radical (unpaired) electrons. The average molecular weight is 272 g/mol. The van der Waals surface area contributed by atoms with Gasteiger partial charge in [0.15, 0.2) is 0 Å². The summed E-state index contributed by atoms with van der Waals surface area (Å²) in [4.78, 5) is 16.6. The summed E-state index contributed by atoms with van der Waals surface area (Å²) in [6, 6.07) is 5.70. The van der Waals surface area contributed by atoms with E-state index in [9.17, 15) is 13.2 Å². The highest BCUT2D eigenvalue weighted by Gasteiger charge is 2.18. The first-order valence-corrected chi connectivity index (χ1v) is 6.59. The lowest BCUT2D eigenvalue weighted by Gasteiger charge is -2.14. The molecule has 100 valence electrons. The molecule has 6 nitrogen and oxygen atoms in total. The van der Waals surface area contributed by atoms with Crippen LogP contribution in [0.5, 0.6) is 0 Å². The Bertz CT molecular complexity index is 522. The van der Waals surface area contributed by atoms with E-state index in [1.807, 2.05) is 0 Å². The molecule has 18 heavy (non-hydrogen) atoms. The van der Waals surface area contributed by atoms with E-state index >= 15 is 0 Å². The average Bonchev–Trinajstić information content (AvgIpc) is 2.36. The van der Waals surface area contributed by atoms with Gasteiger partial charge in [0.2, 0.25) is 10.0 Å². The summed E-state index contributed by atoms with van der Waals surface area (Å²) < 4.78 is 24.7. The number of nitrogens with zero attached hydrogens (tertiary/aromatic N) is 2. The van der Waals surface area contributed by atoms with Crippen molar-refractivity contribution in [3.63, 3.8) is 0 Å². The molecule has 1 aromatic rings. The van der Waals surface area contributed by atoms with Crippen molar-refractivity contribution in [2.75, 3.05) is 28.3 Å². The van der Waals surface area contributed by atoms with Crippen molar-refractivity contribution in [2.24, 2.45) is 0 Å². The maximum Gasteiger partial charge on any atom is 0.277 e. The zero-order valence-electron chi connectivity index (χ0n) is 10.7. The summed E-state index contributed by atoms with van der Waals surface area (Å²) in [7, 11) is 2.29. The minimum atomic E-state index is -3.47. The predicted molar refractivity (Wildman–Crippen MR) is 66.4 cm³/mol. The lowest BCUT2D eigenvalue weighted by Crippen LogP contribution is -2.25. The van der Waals surface area contributed by atoms with E-state index in [0.29, 0.717) is 5.56 Å². The van der Waals surface area contributed by atoms with Crippen LogP contribution in [0, 0.1) is 0 Å². The van der Waals surface area contributed by atoms with Crippen molar-refractivity contribution >= 4 is 15.9 Å². The smallest absolute Gasteiger partial charge is 0.274 e. The molecule has 7 heteroatoms. The Morgan fingerprint density at radius 2 is 1.61 bits per heavy atom. The lowest BCUT2D eigenvalue weighted by atomic mass is 10.2. The summed E-state index contributed by atoms with van der Waals surface area (Å²) in [6.45, 7) is 0. The zero-order valence-corrected chi connectivity index (χ0v) is 11.6. The zero-order chi connectivity index (χ0) is 13.9. The summed E-state index contributed by atoms with van der Waals surface area (Å²) in [5, 5.41) is 1.06. The van der Waals surface area contributed by atoms with Gasteiger partial charge in [-0.05, 0) is 24.3 Å². The molecule has 1 aromatic carbocycles. The maximum absolute atomic E-state index is 11.8. The van der Waals surface area contributed by atoms with Gasteiger partial charge in [0, 0.05) is 26.7 Å². The number of carbonyl (C=O) groups excluding carboxylic acids is 1. The van der Waals surface area contributed by atoms with Crippen molar-refractivity contribution in [1.82, 2.24) is 9.37 Å². The molecule has 1 amide bonds. The van der Waals surface area contributed by atoms with Crippen LogP contribution >= 0.6 is 0 Å². The molecule has 0 aliphatic rings. The number of benzene rings is 1. The van der Waals surface area contributed by atoms with E-state index in [2.05, 4.69) is 0 Å². The number of amides is 1. The third kappa shape index (κ3) is 2.87. The van der Waals surface area contributed by atoms with Crippen LogP contribution in [0.2, 0.25) is 0 Å². The predicted octanol–water partition coefficient (Wildman–Crippen LogP) is 0.570. The molecule has 1 rings (SSSR count). The Hall–Kier alpha value is -1.44. The van der Waals surface area contributed by atoms with Gasteiger partial charge < -0.3 is 0 Å². The fourth-order valence-electron chi connectivity index (χ4n) is 1.25. The van der Waals surface area contributed by atoms with E-state index in [-0.39, 0.29) is 10.8 Å². The van der Waals surface area contributed by atoms with Crippen LogP contribution in [-0.2, 0) is 14.9 Å². The highest BCUT2D eigenvalue weighted by molar-refractivity contribution is 7.89. The summed E-state index contributed by atoms with van der Waals surface area (Å²) >= 11 is 0. The highest BCUT2D eigenvalue weighted by Crippen LogP contribution is 2.14. The van der Waals surface area contributed by atoms with E-state index < -0.39 is 10.0 Å². The van der Waals surface area contributed by atoms with Gasteiger partial charge in [-0.3, -0.25) is 9.63 Å². The number of rotatable bonds is 4. The van der Waals surface area contributed by atoms with Gasteiger partial charge in [0.05, 0.1) is 12.0 Å². The minimum Gasteiger partial charge on any atom is -0.274 e. The molecule has 0 saturated heterocycles. The topological polar surface area (TPSA) is 66.9 Å². The quantitative estimate of drug-likeness (QED) is 0.752. The Morgan fingerprint density at radius 3 is 2.00 bits per heavy atom. The largest absolute Gasteiger partial charge is 0.277 e. The normalized spacial score (nSPS) is 11.6. The monoisotopic (exact) mass is 272 g/mol. The lowest BCUT2D eigenvalue weighted by molar-refractivity contribution is -0.0757. The van der Waals surface area contributed by atoms with E-state index in [1.165, 1.54) is 52.5 Å². The Balaban J connectivity index is 3.05. The minimum absolute atomic E-state index is 0.143. The molecule has 0 saturated carbocycles. The van der Waals surface area contributed by atoms with Crippen LogP contribution in [0.15, 0.2) is 29.2 Å². The Kier molecular flexibility index (Phi) is 4.44. The maximum atomic E-state index is 11.8. The van der Waals surface area contributed by atoms with Crippen LogP contribution in [-0.4, -0.2) is 51.9 Å². The van der Waals surface area contributed by atoms with Gasteiger partial charge in [-0.1, -0.05) is 0 Å². The summed E-state index contributed by atoms with van der Waals surface area (Å²) in [6.07, 6.45) is 0. The van der Waals surface area contributed by atoms with Crippen molar-refractivity contribution in [3.05, 3.63) is 29.8 Å². The third-order valence-electron chi connectivity index (χ3n) is 2.44. The molecule has 0 aliphatic heterocycles. The van der Waals surface area contributed by atoms with Gasteiger partial charge in [0.1, 0.15) is 0 Å². The van der Waals surface area contributed by atoms with Gasteiger partial charge in [-0.15, -0.1) is 0 Å². The number of carbonyl (C=O) groups is 1. The first kappa shape index (κ1) is 14.6. The Labute approximate surface area is 107 Å². The van der Waals surface area contributed by atoms with Gasteiger partial charge in [-0.25, -0.2) is 17.8 Å². The van der Waals surface area contributed by atoms with E-state index in [0.717, 1.165) is 9.37 Å². The molecule has 0 N–H and O–H groups in total. The fourth-order valence-corrected chi connectivity index (χ4v) is 2.15. The molecule has 0 unspecified atom stereocenters. The molecule has 0 fully saturated rings. The van der Waals surface area contributed by atoms with Crippen molar-refractivity contribution in [2.45, 2.75) is 4.90 Å². The second-order valence-electron chi connectivity index (χ2n) is 3.80. The number of hydroxylamine groups is 2. The second-order valence-corrected chi connectivity index (χ2v) is 5.95. The number of sulfonamides is 1. The van der Waals surface area contributed by atoms with Crippen LogP contribution in [0.4, 0.5) is 0 Å². The summed E-state index contributed by atoms with van der Waals surface area (Å²) in [5.74, 6) is -0.341. The Morgan fingerprint density at radius 1 is 1.11 bits per heavy atom. The van der Waals surface area contributed by atoms with Crippen LogP contribution in [0.25, 0.3) is 0 Å². The molecule has 0 spiro atoms. The molecule has 0 heterocycles. The summed E-state index contributed by atoms with van der Waals surface area (Å²) in [5.41, 5.74) is 0.358. The number of hydrogen-bond acceptors (Lipinski definition) is 4. The molecular formula is C11H16N2O4S. The second kappa shape index (κ2) is 5.47. The van der Waals surface area contributed by atoms with Crippen molar-refractivity contribution in [3.8, 4) is 0 Å². The first-order valence-electron chi connectivity index (χ1n) is 5.15. The van der Waals surface area contributed by atoms with Gasteiger partial charge in [0.25, 0.3) is 5.91 Å². The third-order valence-corrected chi connectivity index (χ3v) is 4.27. The van der Waals surface area contributed by atoms with Crippen molar-refractivity contribution < 1.29 is 18.0 Å². The SMILES string of the molecule is CON(C)C(=O)c1ccc(S(=O)(=O)N(C)C)cc1. The molecule has 0 bridgehead atoms.